The second-order valence-corrected chi connectivity index (χ2v) is 7.66. The van der Waals surface area contributed by atoms with Crippen LogP contribution in [0, 0.1) is 19.8 Å². The normalized spacial score (nSPS) is 23.1. The summed E-state index contributed by atoms with van der Waals surface area (Å²) in [4.78, 5) is 24.9. The summed E-state index contributed by atoms with van der Waals surface area (Å²) < 4.78 is 6.14. The van der Waals surface area contributed by atoms with Crippen LogP contribution in [-0.4, -0.2) is 27.3 Å². The fourth-order valence-corrected chi connectivity index (χ4v) is 3.85. The van der Waals surface area contributed by atoms with Gasteiger partial charge in [0.05, 0.1) is 6.61 Å². The number of pyridine rings is 1. The number of ether oxygens (including phenoxy) is 1. The number of aromatic nitrogens is 3. The van der Waals surface area contributed by atoms with Gasteiger partial charge < -0.3 is 4.74 Å². The zero-order valence-corrected chi connectivity index (χ0v) is 15.4. The maximum Gasteiger partial charge on any atom is 0.220 e. The summed E-state index contributed by atoms with van der Waals surface area (Å²) in [6, 6.07) is 4.20. The Bertz CT molecular complexity index is 811. The van der Waals surface area contributed by atoms with E-state index in [-0.39, 0.29) is 0 Å². The van der Waals surface area contributed by atoms with Gasteiger partial charge in [-0.05, 0) is 56.7 Å². The van der Waals surface area contributed by atoms with E-state index in [1.165, 1.54) is 11.3 Å². The van der Waals surface area contributed by atoms with Crippen LogP contribution in [0.15, 0.2) is 24.5 Å². The monoisotopic (exact) mass is 351 g/mol. The molecule has 2 aromatic heterocycles. The van der Waals surface area contributed by atoms with E-state index >= 15 is 0 Å². The van der Waals surface area contributed by atoms with Gasteiger partial charge in [0.2, 0.25) is 5.88 Å². The Hall–Kier alpha value is -2.30. The molecule has 0 bridgehead atoms. The van der Waals surface area contributed by atoms with Crippen LogP contribution in [0.4, 0.5) is 0 Å². The van der Waals surface area contributed by atoms with Gasteiger partial charge in [-0.15, -0.1) is 0 Å². The minimum Gasteiger partial charge on any atom is -0.477 e. The van der Waals surface area contributed by atoms with Crippen molar-refractivity contribution >= 4 is 5.78 Å². The summed E-state index contributed by atoms with van der Waals surface area (Å²) >= 11 is 0. The lowest BCUT2D eigenvalue weighted by atomic mass is 9.84. The van der Waals surface area contributed by atoms with Crippen LogP contribution < -0.4 is 4.74 Å². The predicted molar refractivity (Wildman–Crippen MR) is 98.3 cm³/mol. The van der Waals surface area contributed by atoms with Gasteiger partial charge in [0, 0.05) is 48.3 Å². The molecule has 0 aromatic carbocycles. The molecule has 0 aliphatic heterocycles. The number of ketones is 1. The second kappa shape index (κ2) is 7.14. The molecule has 0 saturated heterocycles. The van der Waals surface area contributed by atoms with E-state index in [0.29, 0.717) is 48.9 Å². The van der Waals surface area contributed by atoms with Crippen LogP contribution in [-0.2, 0) is 4.79 Å². The first kappa shape index (κ1) is 17.1. The molecule has 0 radical (unpaired) electrons. The molecule has 0 unspecified atom stereocenters. The molecule has 0 spiro atoms. The third kappa shape index (κ3) is 3.76. The Kier molecular flexibility index (Phi) is 4.70. The Morgan fingerprint density at radius 1 is 1.19 bits per heavy atom. The number of hydrogen-bond donors (Lipinski definition) is 0. The second-order valence-electron chi connectivity index (χ2n) is 7.66. The SMILES string of the molecule is Cc1ccnc([C@H]2C[C@@H]2COc2nc(C)ncc2C2CCC(=O)CC2)c1. The van der Waals surface area contributed by atoms with Gasteiger partial charge in [-0.25, -0.2) is 4.98 Å². The number of nitrogens with zero attached hydrogens (tertiary/aromatic N) is 3. The zero-order valence-electron chi connectivity index (χ0n) is 15.4. The van der Waals surface area contributed by atoms with Crippen molar-refractivity contribution in [2.45, 2.75) is 57.8 Å². The lowest BCUT2D eigenvalue weighted by Gasteiger charge is -2.22. The third-order valence-corrected chi connectivity index (χ3v) is 5.56. The summed E-state index contributed by atoms with van der Waals surface area (Å²) in [5.74, 6) is 3.12. The van der Waals surface area contributed by atoms with Crippen molar-refractivity contribution in [3.05, 3.63) is 47.2 Å². The average Bonchev–Trinajstić information content (AvgIpc) is 3.41. The highest BCUT2D eigenvalue weighted by Crippen LogP contribution is 2.47. The van der Waals surface area contributed by atoms with Gasteiger partial charge in [-0.2, -0.15) is 4.98 Å². The summed E-state index contributed by atoms with van der Waals surface area (Å²) in [7, 11) is 0. The molecular weight excluding hydrogens is 326 g/mol. The van der Waals surface area contributed by atoms with E-state index < -0.39 is 0 Å². The highest BCUT2D eigenvalue weighted by atomic mass is 16.5. The molecule has 2 saturated carbocycles. The van der Waals surface area contributed by atoms with E-state index in [2.05, 4.69) is 27.9 Å². The van der Waals surface area contributed by atoms with Gasteiger partial charge >= 0.3 is 0 Å². The quantitative estimate of drug-likeness (QED) is 0.817. The largest absolute Gasteiger partial charge is 0.477 e. The lowest BCUT2D eigenvalue weighted by Crippen LogP contribution is -2.15. The molecule has 136 valence electrons. The lowest BCUT2D eigenvalue weighted by molar-refractivity contribution is -0.120. The molecule has 26 heavy (non-hydrogen) atoms. The van der Waals surface area contributed by atoms with E-state index in [1.807, 2.05) is 25.4 Å². The van der Waals surface area contributed by atoms with E-state index in [1.54, 1.807) is 0 Å². The van der Waals surface area contributed by atoms with Gasteiger partial charge in [-0.3, -0.25) is 9.78 Å². The van der Waals surface area contributed by atoms with Crippen LogP contribution >= 0.6 is 0 Å². The zero-order chi connectivity index (χ0) is 18.1. The predicted octanol–water partition coefficient (Wildman–Crippen LogP) is 3.90. The molecule has 2 aromatic rings. The van der Waals surface area contributed by atoms with E-state index in [0.717, 1.165) is 30.7 Å². The van der Waals surface area contributed by atoms with Crippen molar-refractivity contribution in [2.24, 2.45) is 5.92 Å². The first-order chi connectivity index (χ1) is 12.6. The summed E-state index contributed by atoms with van der Waals surface area (Å²) in [5, 5.41) is 0. The molecule has 2 atom stereocenters. The van der Waals surface area contributed by atoms with Gasteiger partial charge in [0.25, 0.3) is 0 Å². The van der Waals surface area contributed by atoms with Gasteiger partial charge in [-0.1, -0.05) is 0 Å². The molecule has 0 amide bonds. The van der Waals surface area contributed by atoms with Crippen LogP contribution in [0.25, 0.3) is 0 Å². The van der Waals surface area contributed by atoms with Crippen LogP contribution in [0.5, 0.6) is 5.88 Å². The van der Waals surface area contributed by atoms with Crippen molar-refractivity contribution < 1.29 is 9.53 Å². The maximum atomic E-state index is 11.5. The third-order valence-electron chi connectivity index (χ3n) is 5.56. The number of carbonyl (C=O) groups excluding carboxylic acids is 1. The number of rotatable bonds is 5. The first-order valence-electron chi connectivity index (χ1n) is 9.50. The fourth-order valence-electron chi connectivity index (χ4n) is 3.85. The Balaban J connectivity index is 1.42. The molecule has 5 nitrogen and oxygen atoms in total. The molecule has 2 aliphatic rings. The minimum absolute atomic E-state index is 0.330. The summed E-state index contributed by atoms with van der Waals surface area (Å²) in [6.07, 6.45) is 7.96. The average molecular weight is 351 g/mol. The molecule has 2 aliphatic carbocycles. The Labute approximate surface area is 154 Å². The Morgan fingerprint density at radius 2 is 2.00 bits per heavy atom. The van der Waals surface area contributed by atoms with E-state index in [4.69, 9.17) is 4.74 Å². The highest BCUT2D eigenvalue weighted by molar-refractivity contribution is 5.79. The van der Waals surface area contributed by atoms with Crippen molar-refractivity contribution in [3.8, 4) is 5.88 Å². The minimum atomic E-state index is 0.330. The summed E-state index contributed by atoms with van der Waals surface area (Å²) in [6.45, 7) is 4.65. The number of carbonyl (C=O) groups is 1. The van der Waals surface area contributed by atoms with Crippen LogP contribution in [0.3, 0.4) is 0 Å². The van der Waals surface area contributed by atoms with Crippen molar-refractivity contribution in [1.29, 1.82) is 0 Å². The molecular formula is C21H25N3O2. The van der Waals surface area contributed by atoms with Gasteiger partial charge in [0.15, 0.2) is 0 Å². The first-order valence-corrected chi connectivity index (χ1v) is 9.50. The molecule has 2 heterocycles. The van der Waals surface area contributed by atoms with Crippen molar-refractivity contribution in [2.75, 3.05) is 6.61 Å². The number of hydrogen-bond acceptors (Lipinski definition) is 5. The molecule has 0 N–H and O–H groups in total. The highest BCUT2D eigenvalue weighted by Gasteiger charge is 2.40. The van der Waals surface area contributed by atoms with Crippen LogP contribution in [0.1, 0.15) is 66.6 Å². The van der Waals surface area contributed by atoms with E-state index in [9.17, 15) is 4.79 Å². The Morgan fingerprint density at radius 3 is 2.77 bits per heavy atom. The molecule has 4 rings (SSSR count). The van der Waals surface area contributed by atoms with Gasteiger partial charge in [0.1, 0.15) is 11.6 Å². The van der Waals surface area contributed by atoms with Crippen LogP contribution in [0.2, 0.25) is 0 Å². The topological polar surface area (TPSA) is 65.0 Å². The molecule has 2 fully saturated rings. The number of aryl methyl sites for hydroxylation is 2. The van der Waals surface area contributed by atoms with Crippen molar-refractivity contribution in [1.82, 2.24) is 15.0 Å². The smallest absolute Gasteiger partial charge is 0.220 e. The maximum absolute atomic E-state index is 11.5. The van der Waals surface area contributed by atoms with Crippen molar-refractivity contribution in [3.63, 3.8) is 0 Å². The number of Topliss-reactive ketones (excluding diaryl/α,β-unsaturated/α-hetero) is 1. The standard InChI is InChI=1S/C21H25N3O2/c1-13-7-8-22-20(9-13)18-10-16(18)12-26-21-19(11-23-14(2)24-21)15-3-5-17(25)6-4-15/h7-9,11,15-16,18H,3-6,10,12H2,1-2H3/t16-,18+/m1/s1. The fraction of sp³-hybridized carbons (Fsp3) is 0.524. The summed E-state index contributed by atoms with van der Waals surface area (Å²) in [5.41, 5.74) is 3.49. The molecule has 5 heteroatoms.